The number of nitrogens with zero attached hydrogens (tertiary/aromatic N) is 2. The number of carbonyl (C=O) groups excluding carboxylic acids is 1. The van der Waals surface area contributed by atoms with E-state index in [2.05, 4.69) is 16.9 Å². The zero-order valence-corrected chi connectivity index (χ0v) is 17.2. The lowest BCUT2D eigenvalue weighted by Gasteiger charge is -2.14. The van der Waals surface area contributed by atoms with Crippen LogP contribution < -0.4 is 5.73 Å². The molecule has 0 amide bonds. The number of nitrogen functional groups attached to an aromatic ring is 1. The van der Waals surface area contributed by atoms with Gasteiger partial charge in [-0.05, 0) is 38.6 Å². The van der Waals surface area contributed by atoms with Crippen LogP contribution in [0.15, 0.2) is 18.3 Å². The van der Waals surface area contributed by atoms with Crippen LogP contribution in [0.5, 0.6) is 0 Å². The molecule has 0 aromatic carbocycles. The van der Waals surface area contributed by atoms with Crippen LogP contribution in [0.25, 0.3) is 0 Å². The van der Waals surface area contributed by atoms with E-state index in [9.17, 15) is 4.79 Å². The van der Waals surface area contributed by atoms with Crippen molar-refractivity contribution in [2.45, 2.75) is 77.0 Å². The van der Waals surface area contributed by atoms with E-state index >= 15 is 0 Å². The van der Waals surface area contributed by atoms with Crippen molar-refractivity contribution in [2.24, 2.45) is 0 Å². The van der Waals surface area contributed by atoms with Crippen LogP contribution in [0.1, 0.15) is 87.4 Å². The standard InChI is InChI=1S/C22H39N3O2/c1-25(18-19-26)17-12-10-8-6-4-2-3-5-7-9-11-15-21(27)20-14-13-16-24-22(20)23/h13-14,16,26H,2-12,15,17-19H2,1H3,(H2,23,24). The van der Waals surface area contributed by atoms with E-state index in [4.69, 9.17) is 10.8 Å². The molecule has 3 N–H and O–H groups in total. The summed E-state index contributed by atoms with van der Waals surface area (Å²) in [4.78, 5) is 18.2. The van der Waals surface area contributed by atoms with E-state index in [1.54, 1.807) is 18.3 Å². The number of aliphatic hydroxyl groups excluding tert-OH is 1. The molecular formula is C22H39N3O2. The molecule has 0 saturated heterocycles. The summed E-state index contributed by atoms with van der Waals surface area (Å²) < 4.78 is 0. The Morgan fingerprint density at radius 3 is 2.07 bits per heavy atom. The van der Waals surface area contributed by atoms with Crippen LogP contribution >= 0.6 is 0 Å². The van der Waals surface area contributed by atoms with Gasteiger partial charge in [-0.15, -0.1) is 0 Å². The summed E-state index contributed by atoms with van der Waals surface area (Å²) in [5.41, 5.74) is 6.31. The summed E-state index contributed by atoms with van der Waals surface area (Å²) in [6.45, 7) is 2.13. The zero-order valence-electron chi connectivity index (χ0n) is 17.2. The molecule has 5 heteroatoms. The largest absolute Gasteiger partial charge is 0.395 e. The fourth-order valence-electron chi connectivity index (χ4n) is 3.33. The average Bonchev–Trinajstić information content (AvgIpc) is 2.66. The maximum Gasteiger partial charge on any atom is 0.166 e. The Morgan fingerprint density at radius 1 is 0.963 bits per heavy atom. The Morgan fingerprint density at radius 2 is 1.52 bits per heavy atom. The first-order valence-corrected chi connectivity index (χ1v) is 10.7. The highest BCUT2D eigenvalue weighted by Gasteiger charge is 2.09. The minimum atomic E-state index is 0.114. The van der Waals surface area contributed by atoms with Crippen molar-refractivity contribution >= 4 is 11.6 Å². The van der Waals surface area contributed by atoms with Gasteiger partial charge in [-0.3, -0.25) is 4.79 Å². The SMILES string of the molecule is CN(CCO)CCCCCCCCCCCCCC(=O)c1cccnc1N. The van der Waals surface area contributed by atoms with Crippen molar-refractivity contribution in [2.75, 3.05) is 32.5 Å². The van der Waals surface area contributed by atoms with E-state index < -0.39 is 0 Å². The molecule has 0 aliphatic rings. The van der Waals surface area contributed by atoms with Crippen molar-refractivity contribution in [3.8, 4) is 0 Å². The number of aliphatic hydroxyl groups is 1. The van der Waals surface area contributed by atoms with Gasteiger partial charge in [0.2, 0.25) is 0 Å². The molecular weight excluding hydrogens is 338 g/mol. The van der Waals surface area contributed by atoms with Gasteiger partial charge in [-0.2, -0.15) is 0 Å². The lowest BCUT2D eigenvalue weighted by atomic mass is 10.0. The molecule has 1 rings (SSSR count). The number of aromatic nitrogens is 1. The number of carbonyl (C=O) groups is 1. The third-order valence-electron chi connectivity index (χ3n) is 5.06. The molecule has 0 aliphatic carbocycles. The Labute approximate surface area is 165 Å². The van der Waals surface area contributed by atoms with Crippen LogP contribution in [0, 0.1) is 0 Å². The van der Waals surface area contributed by atoms with Gasteiger partial charge < -0.3 is 15.7 Å². The number of unbranched alkanes of at least 4 members (excludes halogenated alkanes) is 10. The van der Waals surface area contributed by atoms with Crippen molar-refractivity contribution in [1.29, 1.82) is 0 Å². The van der Waals surface area contributed by atoms with Crippen molar-refractivity contribution in [3.63, 3.8) is 0 Å². The maximum absolute atomic E-state index is 12.1. The van der Waals surface area contributed by atoms with Gasteiger partial charge in [-0.25, -0.2) is 4.98 Å². The second-order valence-corrected chi connectivity index (χ2v) is 7.53. The van der Waals surface area contributed by atoms with Gasteiger partial charge in [-0.1, -0.05) is 57.8 Å². The fourth-order valence-corrected chi connectivity index (χ4v) is 3.33. The van der Waals surface area contributed by atoms with Crippen molar-refractivity contribution in [1.82, 2.24) is 9.88 Å². The number of Topliss-reactive ketones (excluding diaryl/α,β-unsaturated/α-hetero) is 1. The molecule has 1 aromatic rings. The van der Waals surface area contributed by atoms with Crippen LogP contribution in [-0.4, -0.2) is 47.5 Å². The van der Waals surface area contributed by atoms with Crippen LogP contribution in [-0.2, 0) is 0 Å². The number of likely N-dealkylation sites (N-methyl/N-ethyl adjacent to an activating group) is 1. The molecule has 1 aromatic heterocycles. The van der Waals surface area contributed by atoms with Crippen molar-refractivity contribution in [3.05, 3.63) is 23.9 Å². The predicted octanol–water partition coefficient (Wildman–Crippen LogP) is 4.45. The monoisotopic (exact) mass is 377 g/mol. The van der Waals surface area contributed by atoms with Gasteiger partial charge in [0.05, 0.1) is 12.2 Å². The highest BCUT2D eigenvalue weighted by Crippen LogP contribution is 2.15. The molecule has 1 heterocycles. The average molecular weight is 378 g/mol. The van der Waals surface area contributed by atoms with E-state index in [-0.39, 0.29) is 12.4 Å². The van der Waals surface area contributed by atoms with Crippen LogP contribution in [0.2, 0.25) is 0 Å². The summed E-state index contributed by atoms with van der Waals surface area (Å²) in [7, 11) is 2.07. The van der Waals surface area contributed by atoms with Crippen LogP contribution in [0.4, 0.5) is 5.82 Å². The zero-order chi connectivity index (χ0) is 19.7. The highest BCUT2D eigenvalue weighted by molar-refractivity contribution is 5.99. The molecule has 0 fully saturated rings. The molecule has 0 aliphatic heterocycles. The lowest BCUT2D eigenvalue weighted by molar-refractivity contribution is 0.0979. The van der Waals surface area contributed by atoms with Crippen LogP contribution in [0.3, 0.4) is 0 Å². The molecule has 0 radical (unpaired) electrons. The van der Waals surface area contributed by atoms with Gasteiger partial charge in [0, 0.05) is 19.2 Å². The summed E-state index contributed by atoms with van der Waals surface area (Å²) >= 11 is 0. The molecule has 27 heavy (non-hydrogen) atoms. The summed E-state index contributed by atoms with van der Waals surface area (Å²) in [6.07, 6.45) is 15.9. The van der Waals surface area contributed by atoms with E-state index in [0.29, 0.717) is 17.8 Å². The van der Waals surface area contributed by atoms with Gasteiger partial charge in [0.15, 0.2) is 5.78 Å². The molecule has 0 bridgehead atoms. The smallest absolute Gasteiger partial charge is 0.166 e. The minimum absolute atomic E-state index is 0.114. The first-order valence-electron chi connectivity index (χ1n) is 10.7. The van der Waals surface area contributed by atoms with E-state index in [1.165, 1.54) is 57.8 Å². The molecule has 5 nitrogen and oxygen atoms in total. The number of anilines is 1. The summed E-state index contributed by atoms with van der Waals surface area (Å²) in [6, 6.07) is 3.53. The first kappa shape index (κ1) is 23.6. The Balaban J connectivity index is 1.85. The van der Waals surface area contributed by atoms with Gasteiger partial charge >= 0.3 is 0 Å². The Bertz CT molecular complexity index is 508. The number of pyridine rings is 1. The highest BCUT2D eigenvalue weighted by atomic mass is 16.3. The third kappa shape index (κ3) is 11.8. The summed E-state index contributed by atoms with van der Waals surface area (Å²) in [5.74, 6) is 0.461. The summed E-state index contributed by atoms with van der Waals surface area (Å²) in [5, 5.41) is 8.85. The molecule has 0 unspecified atom stereocenters. The number of nitrogens with two attached hydrogens (primary N) is 1. The van der Waals surface area contributed by atoms with Gasteiger partial charge in [0.25, 0.3) is 0 Å². The number of rotatable bonds is 17. The Hall–Kier alpha value is -1.46. The van der Waals surface area contributed by atoms with Gasteiger partial charge in [0.1, 0.15) is 5.82 Å². The molecule has 154 valence electrons. The lowest BCUT2D eigenvalue weighted by Crippen LogP contribution is -2.23. The normalized spacial score (nSPS) is 11.2. The van der Waals surface area contributed by atoms with E-state index in [0.717, 1.165) is 25.9 Å². The quantitative estimate of drug-likeness (QED) is 0.310. The predicted molar refractivity (Wildman–Crippen MR) is 113 cm³/mol. The first-order chi connectivity index (χ1) is 13.1. The Kier molecular flexibility index (Phi) is 13.6. The topological polar surface area (TPSA) is 79.5 Å². The fraction of sp³-hybridized carbons (Fsp3) is 0.727. The molecule has 0 saturated carbocycles. The maximum atomic E-state index is 12.1. The minimum Gasteiger partial charge on any atom is -0.395 e. The number of hydrogen-bond acceptors (Lipinski definition) is 5. The van der Waals surface area contributed by atoms with E-state index in [1.807, 2.05) is 0 Å². The second kappa shape index (κ2) is 15.6. The van der Waals surface area contributed by atoms with Crippen molar-refractivity contribution < 1.29 is 9.90 Å². The third-order valence-corrected chi connectivity index (χ3v) is 5.06. The molecule has 0 spiro atoms. The second-order valence-electron chi connectivity index (χ2n) is 7.53. The number of hydrogen-bond donors (Lipinski definition) is 2. The molecule has 0 atom stereocenters. The number of ketones is 1.